The molecule has 86 valence electrons. The van der Waals surface area contributed by atoms with Crippen molar-refractivity contribution in [2.24, 2.45) is 5.73 Å². The van der Waals surface area contributed by atoms with Crippen LogP contribution in [0.15, 0.2) is 12.1 Å². The van der Waals surface area contributed by atoms with Crippen LogP contribution in [-0.4, -0.2) is 25.0 Å². The minimum atomic E-state index is -0.583. The molecule has 16 heavy (non-hydrogen) atoms. The summed E-state index contributed by atoms with van der Waals surface area (Å²) in [5.74, 6) is 0.902. The van der Waals surface area contributed by atoms with Gasteiger partial charge in [-0.2, -0.15) is 0 Å². The maximum absolute atomic E-state index is 11.7. The minimum absolute atomic E-state index is 0.207. The van der Waals surface area contributed by atoms with Crippen molar-refractivity contribution in [3.8, 4) is 11.5 Å². The van der Waals surface area contributed by atoms with E-state index in [1.165, 1.54) is 0 Å². The summed E-state index contributed by atoms with van der Waals surface area (Å²) in [5.41, 5.74) is 5.91. The SMILES string of the molecule is CC(N)C(=O)c1cc2c(cc1Cl)OCCO2. The van der Waals surface area contributed by atoms with Gasteiger partial charge in [-0.05, 0) is 13.0 Å². The van der Waals surface area contributed by atoms with E-state index in [-0.39, 0.29) is 5.78 Å². The van der Waals surface area contributed by atoms with E-state index in [1.807, 2.05) is 0 Å². The predicted octanol–water partition coefficient (Wildman–Crippen LogP) is 1.64. The van der Waals surface area contributed by atoms with Crippen molar-refractivity contribution in [2.75, 3.05) is 13.2 Å². The first-order valence-corrected chi connectivity index (χ1v) is 5.36. The summed E-state index contributed by atoms with van der Waals surface area (Å²) in [6, 6.07) is 2.59. The lowest BCUT2D eigenvalue weighted by atomic mass is 10.1. The van der Waals surface area contributed by atoms with E-state index in [0.717, 1.165) is 0 Å². The van der Waals surface area contributed by atoms with Gasteiger partial charge >= 0.3 is 0 Å². The summed E-state index contributed by atoms with van der Waals surface area (Å²) in [6.45, 7) is 2.58. The summed E-state index contributed by atoms with van der Waals surface area (Å²) in [6.07, 6.45) is 0. The smallest absolute Gasteiger partial charge is 0.180 e. The molecule has 2 rings (SSSR count). The fourth-order valence-electron chi connectivity index (χ4n) is 1.50. The van der Waals surface area contributed by atoms with Gasteiger partial charge in [0, 0.05) is 11.6 Å². The number of carbonyl (C=O) groups is 1. The lowest BCUT2D eigenvalue weighted by molar-refractivity contribution is 0.0967. The molecule has 1 aliphatic heterocycles. The third-order valence-electron chi connectivity index (χ3n) is 2.31. The average molecular weight is 242 g/mol. The Labute approximate surface area is 98.3 Å². The molecular formula is C11H12ClNO3. The molecule has 0 radical (unpaired) electrons. The molecule has 0 saturated carbocycles. The third kappa shape index (κ3) is 1.99. The van der Waals surface area contributed by atoms with E-state index >= 15 is 0 Å². The highest BCUT2D eigenvalue weighted by Gasteiger charge is 2.20. The van der Waals surface area contributed by atoms with Gasteiger partial charge in [0.1, 0.15) is 13.2 Å². The van der Waals surface area contributed by atoms with Crippen molar-refractivity contribution in [2.45, 2.75) is 13.0 Å². The highest BCUT2D eigenvalue weighted by Crippen LogP contribution is 2.35. The van der Waals surface area contributed by atoms with Gasteiger partial charge in [0.05, 0.1) is 11.1 Å². The fourth-order valence-corrected chi connectivity index (χ4v) is 1.74. The molecule has 0 spiro atoms. The molecule has 0 aliphatic carbocycles. The Morgan fingerprint density at radius 2 is 1.94 bits per heavy atom. The van der Waals surface area contributed by atoms with Crippen LogP contribution in [0.5, 0.6) is 11.5 Å². The molecule has 0 aromatic heterocycles. The van der Waals surface area contributed by atoms with Crippen LogP contribution >= 0.6 is 11.6 Å². The van der Waals surface area contributed by atoms with Gasteiger partial charge in [-0.15, -0.1) is 0 Å². The van der Waals surface area contributed by atoms with Crippen LogP contribution in [0.4, 0.5) is 0 Å². The maximum atomic E-state index is 11.7. The van der Waals surface area contributed by atoms with Gasteiger partial charge in [0.15, 0.2) is 17.3 Å². The lowest BCUT2D eigenvalue weighted by Gasteiger charge is -2.19. The van der Waals surface area contributed by atoms with Gasteiger partial charge in [0.25, 0.3) is 0 Å². The Morgan fingerprint density at radius 1 is 1.38 bits per heavy atom. The highest BCUT2D eigenvalue weighted by molar-refractivity contribution is 6.34. The van der Waals surface area contributed by atoms with Crippen LogP contribution < -0.4 is 15.2 Å². The molecule has 1 aromatic carbocycles. The highest BCUT2D eigenvalue weighted by atomic mass is 35.5. The molecule has 0 bridgehead atoms. The molecule has 5 heteroatoms. The van der Waals surface area contributed by atoms with Crippen molar-refractivity contribution in [3.63, 3.8) is 0 Å². The van der Waals surface area contributed by atoms with Gasteiger partial charge in [-0.3, -0.25) is 4.79 Å². The first-order chi connectivity index (χ1) is 7.59. The summed E-state index contributed by atoms with van der Waals surface area (Å²) < 4.78 is 10.7. The fraction of sp³-hybridized carbons (Fsp3) is 0.364. The Kier molecular flexibility index (Phi) is 3.03. The molecule has 1 unspecified atom stereocenters. The second-order valence-electron chi connectivity index (χ2n) is 3.63. The normalized spacial score (nSPS) is 15.7. The first kappa shape index (κ1) is 11.2. The number of hydrogen-bond acceptors (Lipinski definition) is 4. The minimum Gasteiger partial charge on any atom is -0.486 e. The Morgan fingerprint density at radius 3 is 2.50 bits per heavy atom. The van der Waals surface area contributed by atoms with Crippen LogP contribution in [0.25, 0.3) is 0 Å². The third-order valence-corrected chi connectivity index (χ3v) is 2.62. The summed E-state index contributed by atoms with van der Waals surface area (Å²) >= 11 is 5.99. The molecule has 4 nitrogen and oxygen atoms in total. The average Bonchev–Trinajstić information content (AvgIpc) is 2.27. The van der Waals surface area contributed by atoms with Crippen LogP contribution in [0, 0.1) is 0 Å². The zero-order valence-corrected chi connectivity index (χ0v) is 9.58. The molecule has 0 fully saturated rings. The van der Waals surface area contributed by atoms with Crippen LogP contribution in [0.1, 0.15) is 17.3 Å². The second-order valence-corrected chi connectivity index (χ2v) is 4.04. The molecule has 2 N–H and O–H groups in total. The molecule has 0 saturated heterocycles. The van der Waals surface area contributed by atoms with Gasteiger partial charge < -0.3 is 15.2 Å². The summed E-state index contributed by atoms with van der Waals surface area (Å²) in [7, 11) is 0. The van der Waals surface area contributed by atoms with Crippen molar-refractivity contribution in [3.05, 3.63) is 22.7 Å². The molecular weight excluding hydrogens is 230 g/mol. The van der Waals surface area contributed by atoms with E-state index in [1.54, 1.807) is 19.1 Å². The van der Waals surface area contributed by atoms with Gasteiger partial charge in [0.2, 0.25) is 0 Å². The van der Waals surface area contributed by atoms with E-state index in [0.29, 0.717) is 35.3 Å². The van der Waals surface area contributed by atoms with E-state index in [9.17, 15) is 4.79 Å². The number of hydrogen-bond donors (Lipinski definition) is 1. The quantitative estimate of drug-likeness (QED) is 0.800. The first-order valence-electron chi connectivity index (χ1n) is 4.98. The predicted molar refractivity (Wildman–Crippen MR) is 60.4 cm³/mol. The largest absolute Gasteiger partial charge is 0.486 e. The summed E-state index contributed by atoms with van der Waals surface area (Å²) in [5, 5.41) is 0.339. The zero-order chi connectivity index (χ0) is 11.7. The Bertz CT molecular complexity index is 431. The molecule has 1 heterocycles. The van der Waals surface area contributed by atoms with Crippen molar-refractivity contribution in [1.82, 2.24) is 0 Å². The lowest BCUT2D eigenvalue weighted by Crippen LogP contribution is -2.27. The van der Waals surface area contributed by atoms with Gasteiger partial charge in [-0.25, -0.2) is 0 Å². The van der Waals surface area contributed by atoms with Crippen LogP contribution in [0.3, 0.4) is 0 Å². The number of halogens is 1. The number of rotatable bonds is 2. The second kappa shape index (κ2) is 4.31. The number of ether oxygens (including phenoxy) is 2. The van der Waals surface area contributed by atoms with Gasteiger partial charge in [-0.1, -0.05) is 11.6 Å². The van der Waals surface area contributed by atoms with Crippen LogP contribution in [-0.2, 0) is 0 Å². The van der Waals surface area contributed by atoms with Crippen LogP contribution in [0.2, 0.25) is 5.02 Å². The monoisotopic (exact) mass is 241 g/mol. The Balaban J connectivity index is 2.43. The standard InChI is InChI=1S/C11H12ClNO3/c1-6(13)11(14)7-4-9-10(5-8(7)12)16-3-2-15-9/h4-6H,2-3,13H2,1H3. The van der Waals surface area contributed by atoms with E-state index in [2.05, 4.69) is 0 Å². The maximum Gasteiger partial charge on any atom is 0.180 e. The van der Waals surface area contributed by atoms with Crippen molar-refractivity contribution >= 4 is 17.4 Å². The number of ketones is 1. The molecule has 0 amide bonds. The van der Waals surface area contributed by atoms with Crippen molar-refractivity contribution in [1.29, 1.82) is 0 Å². The number of fused-ring (bicyclic) bond motifs is 1. The van der Waals surface area contributed by atoms with E-state index < -0.39 is 6.04 Å². The summed E-state index contributed by atoms with van der Waals surface area (Å²) in [4.78, 5) is 11.7. The number of Topliss-reactive ketones (excluding diaryl/α,β-unsaturated/α-hetero) is 1. The number of benzene rings is 1. The molecule has 1 aliphatic rings. The topological polar surface area (TPSA) is 61.6 Å². The Hall–Kier alpha value is -1.26. The van der Waals surface area contributed by atoms with Crippen molar-refractivity contribution < 1.29 is 14.3 Å². The van der Waals surface area contributed by atoms with E-state index in [4.69, 9.17) is 26.8 Å². The number of carbonyl (C=O) groups excluding carboxylic acids is 1. The molecule has 1 aromatic rings. The zero-order valence-electron chi connectivity index (χ0n) is 8.83. The molecule has 1 atom stereocenters. The number of nitrogens with two attached hydrogens (primary N) is 1.